The molecule has 0 saturated carbocycles. The number of primary sulfonamides is 1. The first-order valence-corrected chi connectivity index (χ1v) is 13.5. The number of rotatable bonds is 10. The summed E-state index contributed by atoms with van der Waals surface area (Å²) in [7, 11) is -8.82. The van der Waals surface area contributed by atoms with E-state index in [0.29, 0.717) is 0 Å². The molecule has 14 heteroatoms. The van der Waals surface area contributed by atoms with Crippen molar-refractivity contribution in [1.82, 2.24) is 4.72 Å². The Balaban J connectivity index is 2.44. The molecule has 0 aliphatic rings. The minimum atomic E-state index is -4.16. The van der Waals surface area contributed by atoms with Crippen LogP contribution in [0.2, 0.25) is 0 Å². The van der Waals surface area contributed by atoms with Crippen molar-refractivity contribution in [2.45, 2.75) is 16.2 Å². The standard InChI is InChI=1S/C17H23N3O8S3/c1-27-15-10-12(8-9-19-29(3,21)22)17(11-16(15)28-2)31(25,26)20-13-4-6-14(7-5-13)30(18,23)24/h4-7,10-11,19-20H,8-9H2,1-3H3,(H2,18,23,24). The molecule has 2 aromatic rings. The molecule has 0 saturated heterocycles. The maximum Gasteiger partial charge on any atom is 0.262 e. The predicted molar refractivity (Wildman–Crippen MR) is 115 cm³/mol. The molecule has 0 aliphatic carbocycles. The number of methoxy groups -OCH3 is 2. The summed E-state index contributed by atoms with van der Waals surface area (Å²) in [6, 6.07) is 7.54. The first-order valence-electron chi connectivity index (χ1n) is 8.62. The molecule has 0 spiro atoms. The van der Waals surface area contributed by atoms with Crippen LogP contribution in [0.1, 0.15) is 5.56 Å². The molecule has 172 valence electrons. The number of hydrogen-bond donors (Lipinski definition) is 3. The third-order valence-corrected chi connectivity index (χ3v) is 7.17. The topological polar surface area (TPSA) is 171 Å². The van der Waals surface area contributed by atoms with Gasteiger partial charge in [-0.15, -0.1) is 0 Å². The lowest BCUT2D eigenvalue weighted by atomic mass is 10.1. The second kappa shape index (κ2) is 9.40. The van der Waals surface area contributed by atoms with Crippen LogP contribution in [0.5, 0.6) is 11.5 Å². The summed E-state index contributed by atoms with van der Waals surface area (Å²) < 4.78 is 86.5. The molecule has 0 heterocycles. The zero-order valence-electron chi connectivity index (χ0n) is 16.9. The predicted octanol–water partition coefficient (Wildman–Crippen LogP) is 0.244. The van der Waals surface area contributed by atoms with Crippen molar-refractivity contribution >= 4 is 35.8 Å². The molecule has 0 unspecified atom stereocenters. The van der Waals surface area contributed by atoms with Gasteiger partial charge in [0, 0.05) is 18.3 Å². The van der Waals surface area contributed by atoms with Gasteiger partial charge in [0.1, 0.15) is 0 Å². The smallest absolute Gasteiger partial charge is 0.262 e. The van der Waals surface area contributed by atoms with Crippen molar-refractivity contribution < 1.29 is 34.7 Å². The lowest BCUT2D eigenvalue weighted by molar-refractivity contribution is 0.353. The Morgan fingerprint density at radius 3 is 1.94 bits per heavy atom. The fraction of sp³-hybridized carbons (Fsp3) is 0.294. The number of nitrogens with two attached hydrogens (primary N) is 1. The first kappa shape index (κ1) is 24.9. The zero-order chi connectivity index (χ0) is 23.4. The summed E-state index contributed by atoms with van der Waals surface area (Å²) in [5.74, 6) is 0.431. The van der Waals surface area contributed by atoms with Crippen molar-refractivity contribution in [3.63, 3.8) is 0 Å². The van der Waals surface area contributed by atoms with Crippen LogP contribution < -0.4 is 24.1 Å². The highest BCUT2D eigenvalue weighted by Crippen LogP contribution is 2.34. The molecule has 0 aromatic heterocycles. The summed E-state index contributed by atoms with van der Waals surface area (Å²) in [6.07, 6.45) is 1.04. The van der Waals surface area contributed by atoms with Crippen molar-refractivity contribution in [2.24, 2.45) is 5.14 Å². The molecule has 11 nitrogen and oxygen atoms in total. The van der Waals surface area contributed by atoms with E-state index in [2.05, 4.69) is 9.44 Å². The largest absolute Gasteiger partial charge is 0.493 e. The third-order valence-electron chi connectivity index (χ3n) is 4.05. The van der Waals surface area contributed by atoms with Crippen LogP contribution in [0.4, 0.5) is 5.69 Å². The van der Waals surface area contributed by atoms with Gasteiger partial charge in [0.05, 0.1) is 30.3 Å². The van der Waals surface area contributed by atoms with E-state index < -0.39 is 30.1 Å². The van der Waals surface area contributed by atoms with Gasteiger partial charge in [-0.2, -0.15) is 0 Å². The number of hydrogen-bond acceptors (Lipinski definition) is 8. The molecule has 2 aromatic carbocycles. The molecule has 31 heavy (non-hydrogen) atoms. The van der Waals surface area contributed by atoms with Crippen molar-refractivity contribution in [1.29, 1.82) is 0 Å². The second-order valence-corrected chi connectivity index (χ2v) is 11.5. The minimum Gasteiger partial charge on any atom is -0.493 e. The molecule has 0 bridgehead atoms. The SMILES string of the molecule is COc1cc(CCNS(C)(=O)=O)c(S(=O)(=O)Nc2ccc(S(N)(=O)=O)cc2)cc1OC. The van der Waals surface area contributed by atoms with Gasteiger partial charge in [-0.25, -0.2) is 35.1 Å². The zero-order valence-corrected chi connectivity index (χ0v) is 19.4. The summed E-state index contributed by atoms with van der Waals surface area (Å²) in [5.41, 5.74) is 0.379. The minimum absolute atomic E-state index is 0.0418. The van der Waals surface area contributed by atoms with E-state index in [1.54, 1.807) is 0 Å². The Kier molecular flexibility index (Phi) is 7.54. The van der Waals surface area contributed by atoms with E-state index in [-0.39, 0.29) is 45.5 Å². The molecule has 2 rings (SSSR count). The van der Waals surface area contributed by atoms with Crippen molar-refractivity contribution in [3.05, 3.63) is 42.0 Å². The highest BCUT2D eigenvalue weighted by Gasteiger charge is 2.23. The van der Waals surface area contributed by atoms with E-state index in [4.69, 9.17) is 14.6 Å². The molecule has 0 atom stereocenters. The van der Waals surface area contributed by atoms with Crippen LogP contribution >= 0.6 is 0 Å². The maximum absolute atomic E-state index is 13.0. The molecular weight excluding hydrogens is 470 g/mol. The van der Waals surface area contributed by atoms with Gasteiger partial charge >= 0.3 is 0 Å². The Morgan fingerprint density at radius 2 is 1.45 bits per heavy atom. The van der Waals surface area contributed by atoms with Crippen LogP contribution in [0.15, 0.2) is 46.2 Å². The van der Waals surface area contributed by atoms with Crippen molar-refractivity contribution in [2.75, 3.05) is 31.7 Å². The fourth-order valence-electron chi connectivity index (χ4n) is 2.64. The van der Waals surface area contributed by atoms with Gasteiger partial charge in [0.25, 0.3) is 10.0 Å². The summed E-state index contributed by atoms with van der Waals surface area (Å²) in [4.78, 5) is -0.329. The molecule has 4 N–H and O–H groups in total. The Morgan fingerprint density at radius 1 is 0.903 bits per heavy atom. The highest BCUT2D eigenvalue weighted by molar-refractivity contribution is 7.92. The molecule has 0 aliphatic heterocycles. The maximum atomic E-state index is 13.0. The van der Waals surface area contributed by atoms with Gasteiger partial charge < -0.3 is 9.47 Å². The average Bonchev–Trinajstić information content (AvgIpc) is 2.65. The van der Waals surface area contributed by atoms with Crippen LogP contribution in [-0.4, -0.2) is 52.3 Å². The van der Waals surface area contributed by atoms with Gasteiger partial charge in [-0.3, -0.25) is 4.72 Å². The molecule has 0 radical (unpaired) electrons. The summed E-state index contributed by atoms with van der Waals surface area (Å²) in [5, 5.41) is 5.04. The van der Waals surface area contributed by atoms with Crippen LogP contribution in [-0.2, 0) is 36.5 Å². The Bertz CT molecular complexity index is 1260. The van der Waals surface area contributed by atoms with Crippen LogP contribution in [0, 0.1) is 0 Å². The van der Waals surface area contributed by atoms with E-state index in [0.717, 1.165) is 6.26 Å². The van der Waals surface area contributed by atoms with Gasteiger partial charge in [-0.1, -0.05) is 0 Å². The van der Waals surface area contributed by atoms with E-state index in [9.17, 15) is 25.3 Å². The van der Waals surface area contributed by atoms with Gasteiger partial charge in [0.2, 0.25) is 20.0 Å². The lowest BCUT2D eigenvalue weighted by Crippen LogP contribution is -2.25. The number of ether oxygens (including phenoxy) is 2. The molecular formula is C17H23N3O8S3. The average molecular weight is 494 g/mol. The van der Waals surface area contributed by atoms with E-state index in [1.807, 2.05) is 0 Å². The van der Waals surface area contributed by atoms with Crippen molar-refractivity contribution in [3.8, 4) is 11.5 Å². The number of benzene rings is 2. The van der Waals surface area contributed by atoms with Gasteiger partial charge in [0.15, 0.2) is 11.5 Å². The first-order chi connectivity index (χ1) is 14.3. The number of anilines is 1. The fourth-order valence-corrected chi connectivity index (χ4v) is 4.95. The molecule has 0 fully saturated rings. The van der Waals surface area contributed by atoms with Gasteiger partial charge in [-0.05, 0) is 42.3 Å². The van der Waals surface area contributed by atoms with Crippen LogP contribution in [0.25, 0.3) is 0 Å². The van der Waals surface area contributed by atoms with E-state index in [1.165, 1.54) is 50.6 Å². The third kappa shape index (κ3) is 6.80. The highest BCUT2D eigenvalue weighted by atomic mass is 32.2. The quantitative estimate of drug-likeness (QED) is 0.422. The number of sulfonamides is 3. The normalized spacial score (nSPS) is 12.4. The Hall–Kier alpha value is -2.39. The second-order valence-electron chi connectivity index (χ2n) is 6.41. The number of nitrogens with one attached hydrogen (secondary N) is 2. The molecule has 0 amide bonds. The van der Waals surface area contributed by atoms with Crippen LogP contribution in [0.3, 0.4) is 0 Å². The monoisotopic (exact) mass is 493 g/mol. The lowest BCUT2D eigenvalue weighted by Gasteiger charge is -2.16. The Labute approximate surface area is 181 Å². The summed E-state index contributed by atoms with van der Waals surface area (Å²) in [6.45, 7) is -0.0418. The summed E-state index contributed by atoms with van der Waals surface area (Å²) >= 11 is 0. The van der Waals surface area contributed by atoms with E-state index >= 15 is 0 Å².